The molecule has 0 fully saturated rings. The van der Waals surface area contributed by atoms with Crippen molar-refractivity contribution in [2.24, 2.45) is 7.05 Å². The van der Waals surface area contributed by atoms with Crippen LogP contribution in [0, 0.1) is 6.92 Å². The molecule has 0 aliphatic carbocycles. The molecule has 3 aromatic heterocycles. The van der Waals surface area contributed by atoms with Crippen LogP contribution in [0.15, 0.2) is 48.5 Å². The fourth-order valence-electron chi connectivity index (χ4n) is 2.93. The van der Waals surface area contributed by atoms with Gasteiger partial charge in [-0.05, 0) is 37.3 Å². The molecule has 7 heteroatoms. The van der Waals surface area contributed by atoms with Gasteiger partial charge in [0.25, 0.3) is 5.91 Å². The molecule has 1 amide bonds. The van der Waals surface area contributed by atoms with Gasteiger partial charge in [-0.15, -0.1) is 11.3 Å². The molecule has 0 spiro atoms. The predicted octanol–water partition coefficient (Wildman–Crippen LogP) is 4.27. The van der Waals surface area contributed by atoms with Crippen LogP contribution in [-0.4, -0.2) is 27.8 Å². The van der Waals surface area contributed by atoms with Crippen LogP contribution in [0.2, 0.25) is 0 Å². The van der Waals surface area contributed by atoms with Gasteiger partial charge in [-0.25, -0.2) is 4.98 Å². The number of hydrogen-bond donors (Lipinski definition) is 1. The number of hydrogen-bond acceptors (Lipinski definition) is 5. The zero-order valence-electron chi connectivity index (χ0n) is 15.2. The summed E-state index contributed by atoms with van der Waals surface area (Å²) in [7, 11) is 3.52. The third kappa shape index (κ3) is 3.29. The number of nitrogens with one attached hydrogen (secondary N) is 1. The lowest BCUT2D eigenvalue weighted by Gasteiger charge is -2.03. The Labute approximate surface area is 160 Å². The molecule has 1 aromatic carbocycles. The van der Waals surface area contributed by atoms with E-state index in [1.54, 1.807) is 17.9 Å². The molecule has 0 atom stereocenters. The van der Waals surface area contributed by atoms with Crippen molar-refractivity contribution in [2.45, 2.75) is 6.92 Å². The highest BCUT2D eigenvalue weighted by Crippen LogP contribution is 2.35. The lowest BCUT2D eigenvalue weighted by Crippen LogP contribution is -2.11. The first-order chi connectivity index (χ1) is 13.0. The summed E-state index contributed by atoms with van der Waals surface area (Å²) in [6.45, 7) is 1.89. The summed E-state index contributed by atoms with van der Waals surface area (Å²) in [4.78, 5) is 18.5. The van der Waals surface area contributed by atoms with E-state index >= 15 is 0 Å². The molecule has 27 heavy (non-hydrogen) atoms. The van der Waals surface area contributed by atoms with Gasteiger partial charge in [0.1, 0.15) is 22.1 Å². The average molecular weight is 378 g/mol. The molecule has 0 aliphatic rings. The van der Waals surface area contributed by atoms with E-state index in [0.29, 0.717) is 10.7 Å². The Morgan fingerprint density at radius 3 is 2.78 bits per heavy atom. The number of anilines is 1. The van der Waals surface area contributed by atoms with E-state index in [1.165, 1.54) is 11.3 Å². The lowest BCUT2D eigenvalue weighted by molar-refractivity contribution is 0.103. The highest BCUT2D eigenvalue weighted by Gasteiger charge is 2.18. The smallest absolute Gasteiger partial charge is 0.266 e. The molecule has 4 rings (SSSR count). The van der Waals surface area contributed by atoms with Crippen molar-refractivity contribution in [1.29, 1.82) is 0 Å². The maximum Gasteiger partial charge on any atom is 0.266 e. The van der Waals surface area contributed by atoms with E-state index in [0.717, 1.165) is 32.9 Å². The number of benzene rings is 1. The third-order valence-electron chi connectivity index (χ3n) is 4.21. The number of thiophene rings is 1. The van der Waals surface area contributed by atoms with Crippen molar-refractivity contribution in [1.82, 2.24) is 14.8 Å². The summed E-state index contributed by atoms with van der Waals surface area (Å²) < 4.78 is 7.11. The Morgan fingerprint density at radius 2 is 2.00 bits per heavy atom. The van der Waals surface area contributed by atoms with Crippen LogP contribution < -0.4 is 10.1 Å². The Bertz CT molecular complexity index is 1150. The van der Waals surface area contributed by atoms with E-state index in [-0.39, 0.29) is 5.91 Å². The van der Waals surface area contributed by atoms with Gasteiger partial charge in [-0.3, -0.25) is 9.48 Å². The van der Waals surface area contributed by atoms with Gasteiger partial charge in [0, 0.05) is 23.7 Å². The van der Waals surface area contributed by atoms with Crippen molar-refractivity contribution in [2.75, 3.05) is 12.4 Å². The molecule has 0 bridgehead atoms. The Kier molecular flexibility index (Phi) is 4.37. The minimum Gasteiger partial charge on any atom is -0.497 e. The number of rotatable bonds is 4. The van der Waals surface area contributed by atoms with Crippen molar-refractivity contribution in [3.05, 3.63) is 59.1 Å². The number of pyridine rings is 1. The summed E-state index contributed by atoms with van der Waals surface area (Å²) in [6, 6.07) is 15.2. The van der Waals surface area contributed by atoms with Gasteiger partial charge in [0.2, 0.25) is 0 Å². The van der Waals surface area contributed by atoms with Crippen molar-refractivity contribution >= 4 is 33.3 Å². The monoisotopic (exact) mass is 378 g/mol. The molecular weight excluding hydrogens is 360 g/mol. The number of aryl methyl sites for hydroxylation is 2. The maximum atomic E-state index is 12.7. The average Bonchev–Trinajstić information content (AvgIpc) is 3.23. The quantitative estimate of drug-likeness (QED) is 0.576. The molecule has 0 saturated carbocycles. The number of methoxy groups -OCH3 is 1. The Hall–Kier alpha value is -3.19. The number of amides is 1. The molecule has 0 radical (unpaired) electrons. The second-order valence-corrected chi connectivity index (χ2v) is 7.18. The van der Waals surface area contributed by atoms with Crippen LogP contribution in [0.3, 0.4) is 0 Å². The van der Waals surface area contributed by atoms with Crippen LogP contribution in [0.1, 0.15) is 15.4 Å². The van der Waals surface area contributed by atoms with Crippen molar-refractivity contribution in [3.63, 3.8) is 0 Å². The zero-order valence-corrected chi connectivity index (χ0v) is 16.0. The predicted molar refractivity (Wildman–Crippen MR) is 108 cm³/mol. The topological polar surface area (TPSA) is 69.0 Å². The second-order valence-electron chi connectivity index (χ2n) is 6.15. The van der Waals surface area contributed by atoms with E-state index in [9.17, 15) is 4.79 Å². The molecule has 0 unspecified atom stereocenters. The van der Waals surface area contributed by atoms with E-state index in [4.69, 9.17) is 4.74 Å². The van der Waals surface area contributed by atoms with Gasteiger partial charge in [0.15, 0.2) is 0 Å². The van der Waals surface area contributed by atoms with Crippen LogP contribution >= 0.6 is 11.3 Å². The standard InChI is InChI=1S/C20H18N4O2S/c1-12-6-4-9-17(21-12)22-19(25)16-11-15-18(23-24(2)20(15)27-16)13-7-5-8-14(10-13)26-3/h4-11H,1-3H3,(H,21,22,25). The van der Waals surface area contributed by atoms with E-state index in [2.05, 4.69) is 15.4 Å². The fraction of sp³-hybridized carbons (Fsp3) is 0.150. The van der Waals surface area contributed by atoms with Crippen LogP contribution in [0.5, 0.6) is 5.75 Å². The summed E-state index contributed by atoms with van der Waals surface area (Å²) in [5.74, 6) is 1.14. The molecule has 6 nitrogen and oxygen atoms in total. The van der Waals surface area contributed by atoms with Crippen molar-refractivity contribution in [3.8, 4) is 17.0 Å². The van der Waals surface area contributed by atoms with E-state index in [1.807, 2.05) is 56.4 Å². The summed E-state index contributed by atoms with van der Waals surface area (Å²) in [6.07, 6.45) is 0. The number of carbonyl (C=O) groups excluding carboxylic acids is 1. The highest BCUT2D eigenvalue weighted by atomic mass is 32.1. The number of carbonyl (C=O) groups is 1. The minimum atomic E-state index is -0.175. The van der Waals surface area contributed by atoms with E-state index < -0.39 is 0 Å². The number of aromatic nitrogens is 3. The molecule has 1 N–H and O–H groups in total. The second kappa shape index (κ2) is 6.85. The molecule has 4 aromatic rings. The first-order valence-corrected chi connectivity index (χ1v) is 9.23. The summed E-state index contributed by atoms with van der Waals surface area (Å²) >= 11 is 1.41. The molecule has 0 aliphatic heterocycles. The lowest BCUT2D eigenvalue weighted by atomic mass is 10.1. The van der Waals surface area contributed by atoms with Crippen LogP contribution in [0.4, 0.5) is 5.82 Å². The van der Waals surface area contributed by atoms with Crippen LogP contribution in [0.25, 0.3) is 21.5 Å². The zero-order chi connectivity index (χ0) is 19.0. The van der Waals surface area contributed by atoms with Gasteiger partial charge < -0.3 is 10.1 Å². The normalized spacial score (nSPS) is 10.9. The molecule has 0 saturated heterocycles. The third-order valence-corrected chi connectivity index (χ3v) is 5.41. The number of ether oxygens (including phenoxy) is 1. The Balaban J connectivity index is 1.71. The van der Waals surface area contributed by atoms with Gasteiger partial charge in [-0.2, -0.15) is 5.10 Å². The molecular formula is C20H18N4O2S. The first-order valence-electron chi connectivity index (χ1n) is 8.41. The highest BCUT2D eigenvalue weighted by molar-refractivity contribution is 7.20. The van der Waals surface area contributed by atoms with Gasteiger partial charge in [-0.1, -0.05) is 18.2 Å². The molecule has 136 valence electrons. The Morgan fingerprint density at radius 1 is 1.19 bits per heavy atom. The van der Waals surface area contributed by atoms with Gasteiger partial charge in [0.05, 0.1) is 12.0 Å². The van der Waals surface area contributed by atoms with Crippen LogP contribution in [-0.2, 0) is 7.05 Å². The SMILES string of the molecule is COc1cccc(-c2nn(C)c3sc(C(=O)Nc4cccc(C)n4)cc23)c1. The molecule has 3 heterocycles. The van der Waals surface area contributed by atoms with Gasteiger partial charge >= 0.3 is 0 Å². The number of nitrogens with zero attached hydrogens (tertiary/aromatic N) is 3. The number of fused-ring (bicyclic) bond motifs is 1. The summed E-state index contributed by atoms with van der Waals surface area (Å²) in [5.41, 5.74) is 2.63. The largest absolute Gasteiger partial charge is 0.497 e. The first kappa shape index (κ1) is 17.2. The maximum absolute atomic E-state index is 12.7. The fourth-order valence-corrected chi connectivity index (χ4v) is 3.89. The minimum absolute atomic E-state index is 0.175. The van der Waals surface area contributed by atoms with Crippen molar-refractivity contribution < 1.29 is 9.53 Å². The summed E-state index contributed by atoms with van der Waals surface area (Å²) in [5, 5.41) is 8.42.